The molecule has 1 aliphatic rings. The molecule has 0 radical (unpaired) electrons. The highest BCUT2D eigenvalue weighted by atomic mass is 16.3. The van der Waals surface area contributed by atoms with E-state index in [1.807, 2.05) is 6.07 Å². The molecule has 0 saturated heterocycles. The molecule has 1 fully saturated rings. The molecule has 0 aliphatic heterocycles. The second kappa shape index (κ2) is 8.00. The quantitative estimate of drug-likeness (QED) is 0.618. The summed E-state index contributed by atoms with van der Waals surface area (Å²) in [7, 11) is 0. The predicted molar refractivity (Wildman–Crippen MR) is 88.1 cm³/mol. The molecular weight excluding hydrogens is 260 g/mol. The van der Waals surface area contributed by atoms with Crippen molar-refractivity contribution in [1.29, 1.82) is 0 Å². The first kappa shape index (κ1) is 16.6. The molecular formula is C18H32N2O. The van der Waals surface area contributed by atoms with Gasteiger partial charge in [0.15, 0.2) is 0 Å². The van der Waals surface area contributed by atoms with Crippen LogP contribution in [-0.2, 0) is 6.54 Å². The lowest BCUT2D eigenvalue weighted by Gasteiger charge is -2.41. The molecule has 3 heteroatoms. The lowest BCUT2D eigenvalue weighted by molar-refractivity contribution is 0.0734. The zero-order valence-corrected chi connectivity index (χ0v) is 13.8. The minimum atomic E-state index is 0.111. The molecule has 3 nitrogen and oxygen atoms in total. The second-order valence-corrected chi connectivity index (χ2v) is 6.80. The van der Waals surface area contributed by atoms with E-state index in [0.29, 0.717) is 6.04 Å². The lowest BCUT2D eigenvalue weighted by atomic mass is 9.91. The van der Waals surface area contributed by atoms with E-state index >= 15 is 0 Å². The number of rotatable bonds is 11. The van der Waals surface area contributed by atoms with E-state index in [0.717, 1.165) is 18.8 Å². The molecule has 2 rings (SSSR count). The van der Waals surface area contributed by atoms with E-state index in [2.05, 4.69) is 24.8 Å². The third-order valence-electron chi connectivity index (χ3n) is 4.85. The molecule has 0 bridgehead atoms. The average Bonchev–Trinajstić information content (AvgIpc) is 3.20. The fourth-order valence-corrected chi connectivity index (χ4v) is 3.19. The Morgan fingerprint density at radius 2 is 2.05 bits per heavy atom. The van der Waals surface area contributed by atoms with Crippen molar-refractivity contribution in [2.24, 2.45) is 5.73 Å². The van der Waals surface area contributed by atoms with Crippen LogP contribution in [0.4, 0.5) is 0 Å². The molecule has 1 atom stereocenters. The largest absolute Gasteiger partial charge is 0.468 e. The maximum Gasteiger partial charge on any atom is 0.117 e. The monoisotopic (exact) mass is 292 g/mol. The molecule has 0 spiro atoms. The number of unbranched alkanes of at least 4 members (excludes halogenated alkanes) is 4. The van der Waals surface area contributed by atoms with E-state index in [1.54, 1.807) is 6.26 Å². The van der Waals surface area contributed by atoms with Crippen molar-refractivity contribution < 1.29 is 4.42 Å². The van der Waals surface area contributed by atoms with Crippen LogP contribution in [0.3, 0.4) is 0 Å². The van der Waals surface area contributed by atoms with Gasteiger partial charge in [0.05, 0.1) is 12.8 Å². The zero-order chi connectivity index (χ0) is 15.1. The lowest BCUT2D eigenvalue weighted by Crippen LogP contribution is -2.52. The van der Waals surface area contributed by atoms with Gasteiger partial charge in [0.25, 0.3) is 0 Å². The summed E-state index contributed by atoms with van der Waals surface area (Å²) in [5, 5.41) is 0. The highest BCUT2D eigenvalue weighted by Crippen LogP contribution is 2.36. The summed E-state index contributed by atoms with van der Waals surface area (Å²) in [6.45, 7) is 6.24. The Hall–Kier alpha value is -0.800. The Morgan fingerprint density at radius 1 is 1.29 bits per heavy atom. The van der Waals surface area contributed by atoms with E-state index in [-0.39, 0.29) is 5.54 Å². The molecule has 0 aromatic carbocycles. The molecule has 1 unspecified atom stereocenters. The molecule has 0 amide bonds. The summed E-state index contributed by atoms with van der Waals surface area (Å²) in [5.74, 6) is 1.06. The minimum Gasteiger partial charge on any atom is -0.468 e. The van der Waals surface area contributed by atoms with Crippen LogP contribution in [-0.4, -0.2) is 23.0 Å². The van der Waals surface area contributed by atoms with Crippen LogP contribution in [0.5, 0.6) is 0 Å². The number of nitrogens with zero attached hydrogens (tertiary/aromatic N) is 1. The highest BCUT2D eigenvalue weighted by molar-refractivity contribution is 5.03. The van der Waals surface area contributed by atoms with Crippen molar-refractivity contribution in [2.45, 2.75) is 83.3 Å². The van der Waals surface area contributed by atoms with Crippen molar-refractivity contribution >= 4 is 0 Å². The number of nitrogens with two attached hydrogens (primary N) is 1. The Balaban J connectivity index is 1.90. The summed E-state index contributed by atoms with van der Waals surface area (Å²) in [4.78, 5) is 2.60. The predicted octanol–water partition coefficient (Wildman–Crippen LogP) is 4.32. The first-order valence-corrected chi connectivity index (χ1v) is 8.69. The molecule has 1 aromatic rings. The maximum absolute atomic E-state index is 6.17. The van der Waals surface area contributed by atoms with Gasteiger partial charge in [-0.05, 0) is 38.3 Å². The van der Waals surface area contributed by atoms with Gasteiger partial charge in [0.2, 0.25) is 0 Å². The topological polar surface area (TPSA) is 42.4 Å². The average molecular weight is 292 g/mol. The molecule has 21 heavy (non-hydrogen) atoms. The smallest absolute Gasteiger partial charge is 0.117 e. The highest BCUT2D eigenvalue weighted by Gasteiger charge is 2.40. The van der Waals surface area contributed by atoms with E-state index in [1.165, 1.54) is 51.4 Å². The minimum absolute atomic E-state index is 0.111. The first-order chi connectivity index (χ1) is 10.2. The van der Waals surface area contributed by atoms with Gasteiger partial charge in [0.1, 0.15) is 5.76 Å². The van der Waals surface area contributed by atoms with Gasteiger partial charge in [-0.15, -0.1) is 0 Å². The molecule has 1 heterocycles. The van der Waals surface area contributed by atoms with E-state index in [4.69, 9.17) is 10.2 Å². The Kier molecular flexibility index (Phi) is 6.31. The second-order valence-electron chi connectivity index (χ2n) is 6.80. The standard InChI is InChI=1S/C18H32N2O/c1-3-4-5-6-7-12-18(2,15-19)20(16-10-11-16)14-17-9-8-13-21-17/h8-9,13,16H,3-7,10-12,14-15,19H2,1-2H3. The van der Waals surface area contributed by atoms with Crippen LogP contribution in [0.2, 0.25) is 0 Å². The molecule has 1 saturated carbocycles. The van der Waals surface area contributed by atoms with Gasteiger partial charge in [-0.1, -0.05) is 39.0 Å². The fraction of sp³-hybridized carbons (Fsp3) is 0.778. The molecule has 1 aromatic heterocycles. The van der Waals surface area contributed by atoms with Gasteiger partial charge in [-0.2, -0.15) is 0 Å². The normalized spacial score (nSPS) is 18.1. The maximum atomic E-state index is 6.17. The Labute approximate surface area is 129 Å². The zero-order valence-electron chi connectivity index (χ0n) is 13.8. The van der Waals surface area contributed by atoms with Crippen LogP contribution in [0, 0.1) is 0 Å². The van der Waals surface area contributed by atoms with Crippen molar-refractivity contribution in [3.63, 3.8) is 0 Å². The summed E-state index contributed by atoms with van der Waals surface area (Å²) in [5.41, 5.74) is 6.28. The summed E-state index contributed by atoms with van der Waals surface area (Å²) in [6, 6.07) is 4.76. The van der Waals surface area contributed by atoms with Crippen LogP contribution >= 0.6 is 0 Å². The van der Waals surface area contributed by atoms with Crippen LogP contribution in [0.25, 0.3) is 0 Å². The van der Waals surface area contributed by atoms with Crippen LogP contribution in [0.1, 0.15) is 71.0 Å². The SMILES string of the molecule is CCCCCCCC(C)(CN)N(Cc1ccco1)C1CC1. The van der Waals surface area contributed by atoms with Gasteiger partial charge in [-0.3, -0.25) is 4.90 Å². The third-order valence-corrected chi connectivity index (χ3v) is 4.85. The van der Waals surface area contributed by atoms with Crippen molar-refractivity contribution in [3.05, 3.63) is 24.2 Å². The van der Waals surface area contributed by atoms with E-state index in [9.17, 15) is 0 Å². The first-order valence-electron chi connectivity index (χ1n) is 8.69. The van der Waals surface area contributed by atoms with Crippen molar-refractivity contribution in [2.75, 3.05) is 6.54 Å². The summed E-state index contributed by atoms with van der Waals surface area (Å²) >= 11 is 0. The molecule has 120 valence electrons. The Bertz CT molecular complexity index is 386. The Morgan fingerprint density at radius 3 is 2.62 bits per heavy atom. The van der Waals surface area contributed by atoms with E-state index < -0.39 is 0 Å². The van der Waals surface area contributed by atoms with Crippen LogP contribution < -0.4 is 5.73 Å². The van der Waals surface area contributed by atoms with Gasteiger partial charge >= 0.3 is 0 Å². The van der Waals surface area contributed by atoms with Gasteiger partial charge in [0, 0.05) is 18.1 Å². The summed E-state index contributed by atoms with van der Waals surface area (Å²) < 4.78 is 5.56. The number of hydrogen-bond donors (Lipinski definition) is 1. The van der Waals surface area contributed by atoms with Crippen molar-refractivity contribution in [1.82, 2.24) is 4.90 Å². The third kappa shape index (κ3) is 4.86. The van der Waals surface area contributed by atoms with Crippen molar-refractivity contribution in [3.8, 4) is 0 Å². The number of furan rings is 1. The molecule has 2 N–H and O–H groups in total. The van der Waals surface area contributed by atoms with Gasteiger partial charge < -0.3 is 10.2 Å². The number of hydrogen-bond acceptors (Lipinski definition) is 3. The summed E-state index contributed by atoms with van der Waals surface area (Å²) in [6.07, 6.45) is 12.2. The fourth-order valence-electron chi connectivity index (χ4n) is 3.19. The molecule has 1 aliphatic carbocycles. The van der Waals surface area contributed by atoms with Gasteiger partial charge in [-0.25, -0.2) is 0 Å². The van der Waals surface area contributed by atoms with Crippen LogP contribution in [0.15, 0.2) is 22.8 Å².